The Morgan fingerprint density at radius 3 is 3.16 bits per heavy atom. The summed E-state index contributed by atoms with van der Waals surface area (Å²) >= 11 is 6.22. The molecule has 19 heavy (non-hydrogen) atoms. The van der Waals surface area contributed by atoms with Gasteiger partial charge in [0, 0.05) is 24.3 Å². The highest BCUT2D eigenvalue weighted by Gasteiger charge is 2.19. The average Bonchev–Trinajstić information content (AvgIpc) is 2.81. The van der Waals surface area contributed by atoms with Crippen molar-refractivity contribution in [2.75, 3.05) is 6.54 Å². The van der Waals surface area contributed by atoms with E-state index in [-0.39, 0.29) is 0 Å². The van der Waals surface area contributed by atoms with E-state index in [0.29, 0.717) is 5.38 Å². The van der Waals surface area contributed by atoms with Gasteiger partial charge in [-0.15, -0.1) is 11.6 Å². The van der Waals surface area contributed by atoms with E-state index in [2.05, 4.69) is 20.9 Å². The van der Waals surface area contributed by atoms with Crippen LogP contribution in [0, 0.1) is 5.92 Å². The third kappa shape index (κ3) is 3.28. The highest BCUT2D eigenvalue weighted by molar-refractivity contribution is 6.20. The molecule has 0 saturated heterocycles. The van der Waals surface area contributed by atoms with Crippen molar-refractivity contribution in [2.24, 2.45) is 5.92 Å². The van der Waals surface area contributed by atoms with Gasteiger partial charge < -0.3 is 9.72 Å². The lowest BCUT2D eigenvalue weighted by Gasteiger charge is -2.25. The molecule has 1 aliphatic rings. The molecular formula is C15H20ClN3. The van der Waals surface area contributed by atoms with Gasteiger partial charge in [0.2, 0.25) is 0 Å². The first-order valence-electron chi connectivity index (χ1n) is 7.08. The minimum Gasteiger partial charge on any atom is -0.311 e. The zero-order valence-electron chi connectivity index (χ0n) is 11.1. The second-order valence-corrected chi connectivity index (χ2v) is 6.08. The van der Waals surface area contributed by atoms with Gasteiger partial charge in [0.25, 0.3) is 0 Å². The van der Waals surface area contributed by atoms with E-state index in [1.54, 1.807) is 0 Å². The summed E-state index contributed by atoms with van der Waals surface area (Å²) in [7, 11) is 0. The first kappa shape index (κ1) is 12.9. The molecule has 3 rings (SSSR count). The van der Waals surface area contributed by atoms with Crippen LogP contribution in [0.4, 0.5) is 0 Å². The molecule has 1 saturated carbocycles. The standard InChI is InChI=1S/C15H20ClN3/c16-13-5-3-4-12(8-13)9-17-10-14-11-19-7-2-1-6-15(19)18-14/h1-2,6-7,11-13,17H,3-5,8-10H2. The van der Waals surface area contributed by atoms with Gasteiger partial charge in [0.15, 0.2) is 0 Å². The molecule has 2 unspecified atom stereocenters. The molecule has 2 heterocycles. The quantitative estimate of drug-likeness (QED) is 0.870. The number of alkyl halides is 1. The van der Waals surface area contributed by atoms with E-state index >= 15 is 0 Å². The predicted octanol–water partition coefficient (Wildman–Crippen LogP) is 3.22. The van der Waals surface area contributed by atoms with E-state index < -0.39 is 0 Å². The lowest BCUT2D eigenvalue weighted by molar-refractivity contribution is 0.346. The van der Waals surface area contributed by atoms with Crippen LogP contribution in [0.25, 0.3) is 5.65 Å². The number of hydrogen-bond acceptors (Lipinski definition) is 2. The molecule has 2 aromatic rings. The number of nitrogens with zero attached hydrogens (tertiary/aromatic N) is 2. The van der Waals surface area contributed by atoms with Gasteiger partial charge in [0.1, 0.15) is 5.65 Å². The van der Waals surface area contributed by atoms with Crippen molar-refractivity contribution in [3.05, 3.63) is 36.3 Å². The molecule has 0 aromatic carbocycles. The first-order chi connectivity index (χ1) is 9.31. The molecule has 0 radical (unpaired) electrons. The Bertz CT molecular complexity index is 504. The number of pyridine rings is 1. The largest absolute Gasteiger partial charge is 0.311 e. The Labute approximate surface area is 119 Å². The maximum Gasteiger partial charge on any atom is 0.137 e. The number of nitrogens with one attached hydrogen (secondary N) is 1. The van der Waals surface area contributed by atoms with Crippen molar-refractivity contribution < 1.29 is 0 Å². The van der Waals surface area contributed by atoms with Crippen molar-refractivity contribution in [3.63, 3.8) is 0 Å². The van der Waals surface area contributed by atoms with Gasteiger partial charge >= 0.3 is 0 Å². The maximum atomic E-state index is 6.22. The lowest BCUT2D eigenvalue weighted by Crippen LogP contribution is -2.27. The fraction of sp³-hybridized carbons (Fsp3) is 0.533. The van der Waals surface area contributed by atoms with Gasteiger partial charge in [0.05, 0.1) is 5.69 Å². The summed E-state index contributed by atoms with van der Waals surface area (Å²) in [4.78, 5) is 4.58. The number of aromatic nitrogens is 2. The van der Waals surface area contributed by atoms with Crippen LogP contribution in [0.15, 0.2) is 30.6 Å². The maximum absolute atomic E-state index is 6.22. The summed E-state index contributed by atoms with van der Waals surface area (Å²) < 4.78 is 2.06. The van der Waals surface area contributed by atoms with Gasteiger partial charge in [-0.3, -0.25) is 0 Å². The Hall–Kier alpha value is -1.06. The lowest BCUT2D eigenvalue weighted by atomic mass is 9.89. The van der Waals surface area contributed by atoms with E-state index in [0.717, 1.165) is 36.8 Å². The van der Waals surface area contributed by atoms with E-state index in [1.165, 1.54) is 19.3 Å². The van der Waals surface area contributed by atoms with Gasteiger partial charge in [-0.2, -0.15) is 0 Å². The van der Waals surface area contributed by atoms with Crippen LogP contribution in [-0.4, -0.2) is 21.3 Å². The van der Waals surface area contributed by atoms with E-state index in [4.69, 9.17) is 11.6 Å². The third-order valence-corrected chi connectivity index (χ3v) is 4.27. The van der Waals surface area contributed by atoms with Crippen molar-refractivity contribution in [3.8, 4) is 0 Å². The Morgan fingerprint density at radius 2 is 2.32 bits per heavy atom. The molecule has 0 aliphatic heterocycles. The summed E-state index contributed by atoms with van der Waals surface area (Å²) in [5.41, 5.74) is 2.11. The van der Waals surface area contributed by atoms with Crippen LogP contribution in [0.5, 0.6) is 0 Å². The third-order valence-electron chi connectivity index (χ3n) is 3.87. The van der Waals surface area contributed by atoms with Gasteiger partial charge in [-0.05, 0) is 43.9 Å². The Morgan fingerprint density at radius 1 is 1.37 bits per heavy atom. The summed E-state index contributed by atoms with van der Waals surface area (Å²) in [6.07, 6.45) is 9.04. The fourth-order valence-electron chi connectivity index (χ4n) is 2.89. The normalized spacial score (nSPS) is 23.8. The highest BCUT2D eigenvalue weighted by Crippen LogP contribution is 2.27. The minimum atomic E-state index is 0.385. The van der Waals surface area contributed by atoms with Crippen LogP contribution in [-0.2, 0) is 6.54 Å². The summed E-state index contributed by atoms with van der Waals surface area (Å²) in [5, 5.41) is 3.90. The first-order valence-corrected chi connectivity index (χ1v) is 7.52. The second kappa shape index (κ2) is 5.93. The van der Waals surface area contributed by atoms with Gasteiger partial charge in [-0.25, -0.2) is 4.98 Å². The van der Waals surface area contributed by atoms with Crippen molar-refractivity contribution in [1.82, 2.24) is 14.7 Å². The SMILES string of the molecule is ClC1CCCC(CNCc2cn3ccccc3n2)C1. The molecule has 2 aromatic heterocycles. The highest BCUT2D eigenvalue weighted by atomic mass is 35.5. The topological polar surface area (TPSA) is 29.3 Å². The molecule has 0 amide bonds. The molecule has 3 nitrogen and oxygen atoms in total. The minimum absolute atomic E-state index is 0.385. The van der Waals surface area contributed by atoms with Crippen molar-refractivity contribution in [1.29, 1.82) is 0 Å². The van der Waals surface area contributed by atoms with Crippen molar-refractivity contribution in [2.45, 2.75) is 37.6 Å². The van der Waals surface area contributed by atoms with E-state index in [9.17, 15) is 0 Å². The number of fused-ring (bicyclic) bond motifs is 1. The van der Waals surface area contributed by atoms with Crippen LogP contribution in [0.2, 0.25) is 0 Å². The van der Waals surface area contributed by atoms with E-state index in [1.807, 2.05) is 24.4 Å². The smallest absolute Gasteiger partial charge is 0.137 e. The summed E-state index contributed by atoms with van der Waals surface area (Å²) in [5.74, 6) is 0.730. The average molecular weight is 278 g/mol. The molecular weight excluding hydrogens is 258 g/mol. The zero-order valence-corrected chi connectivity index (χ0v) is 11.8. The van der Waals surface area contributed by atoms with Crippen LogP contribution in [0.3, 0.4) is 0 Å². The molecule has 2 atom stereocenters. The molecule has 102 valence electrons. The Balaban J connectivity index is 1.51. The molecule has 0 bridgehead atoms. The Kier molecular flexibility index (Phi) is 4.04. The summed E-state index contributed by atoms with van der Waals surface area (Å²) in [6, 6.07) is 6.07. The number of hydrogen-bond donors (Lipinski definition) is 1. The monoisotopic (exact) mass is 277 g/mol. The number of imidazole rings is 1. The van der Waals surface area contributed by atoms with Crippen molar-refractivity contribution >= 4 is 17.2 Å². The second-order valence-electron chi connectivity index (χ2n) is 5.46. The summed E-state index contributed by atoms with van der Waals surface area (Å²) in [6.45, 7) is 1.89. The fourth-order valence-corrected chi connectivity index (χ4v) is 3.29. The molecule has 4 heteroatoms. The predicted molar refractivity (Wildman–Crippen MR) is 78.5 cm³/mol. The molecule has 1 aliphatic carbocycles. The number of halogens is 1. The molecule has 1 fully saturated rings. The molecule has 1 N–H and O–H groups in total. The van der Waals surface area contributed by atoms with Crippen LogP contribution >= 0.6 is 11.6 Å². The van der Waals surface area contributed by atoms with Crippen LogP contribution < -0.4 is 5.32 Å². The zero-order chi connectivity index (χ0) is 13.1. The number of rotatable bonds is 4. The van der Waals surface area contributed by atoms with Crippen LogP contribution in [0.1, 0.15) is 31.4 Å². The molecule has 0 spiro atoms. The van der Waals surface area contributed by atoms with Gasteiger partial charge in [-0.1, -0.05) is 12.5 Å².